The summed E-state index contributed by atoms with van der Waals surface area (Å²) >= 11 is 1.31. The second kappa shape index (κ2) is 8.78. The van der Waals surface area contributed by atoms with Gasteiger partial charge in [0, 0.05) is 25.1 Å². The smallest absolute Gasteiger partial charge is 0.332 e. The van der Waals surface area contributed by atoms with Crippen molar-refractivity contribution in [2.24, 2.45) is 14.1 Å². The molecule has 150 valence electrons. The highest BCUT2D eigenvalue weighted by Crippen LogP contribution is 2.23. The molecule has 1 N–H and O–H groups in total. The molecule has 2 aromatic carbocycles. The van der Waals surface area contributed by atoms with Gasteiger partial charge in [0.1, 0.15) is 5.82 Å². The third-order valence-corrected chi connectivity index (χ3v) is 5.20. The SMILES string of the molecule is Cn1c(NC(=O)COC(=O)CSc2ccc3ccccc3c2)cc(=O)n(C)c1=O. The van der Waals surface area contributed by atoms with Crippen LogP contribution in [0.15, 0.2) is 63.0 Å². The third-order valence-electron chi connectivity index (χ3n) is 4.24. The first-order valence-corrected chi connectivity index (χ1v) is 9.68. The zero-order valence-corrected chi connectivity index (χ0v) is 16.7. The Balaban J connectivity index is 1.52. The summed E-state index contributed by atoms with van der Waals surface area (Å²) in [5.74, 6) is -1.10. The van der Waals surface area contributed by atoms with Crippen LogP contribution in [0.1, 0.15) is 0 Å². The van der Waals surface area contributed by atoms with E-state index in [-0.39, 0.29) is 11.6 Å². The summed E-state index contributed by atoms with van der Waals surface area (Å²) in [6.45, 7) is -0.513. The summed E-state index contributed by atoms with van der Waals surface area (Å²) in [6.07, 6.45) is 0. The minimum Gasteiger partial charge on any atom is -0.455 e. The number of rotatable bonds is 6. The standard InChI is InChI=1S/C20H19N3O5S/c1-22-16(10-18(25)23(2)20(22)27)21-17(24)11-28-19(26)12-29-15-8-7-13-5-3-4-6-14(13)9-15/h3-10H,11-12H2,1-2H3,(H,21,24). The maximum absolute atomic E-state index is 12.0. The van der Waals surface area contributed by atoms with Crippen molar-refractivity contribution in [2.45, 2.75) is 4.90 Å². The number of carbonyl (C=O) groups is 2. The number of hydrogen-bond acceptors (Lipinski definition) is 6. The van der Waals surface area contributed by atoms with Gasteiger partial charge < -0.3 is 10.1 Å². The Morgan fingerprint density at radius 1 is 1.00 bits per heavy atom. The number of esters is 1. The van der Waals surface area contributed by atoms with Crippen molar-refractivity contribution in [1.82, 2.24) is 9.13 Å². The molecular weight excluding hydrogens is 394 g/mol. The minimum atomic E-state index is -0.641. The normalized spacial score (nSPS) is 10.7. The van der Waals surface area contributed by atoms with Gasteiger partial charge in [-0.25, -0.2) is 4.79 Å². The zero-order chi connectivity index (χ0) is 21.0. The monoisotopic (exact) mass is 413 g/mol. The predicted molar refractivity (Wildman–Crippen MR) is 111 cm³/mol. The number of nitrogens with zero attached hydrogens (tertiary/aromatic N) is 2. The van der Waals surface area contributed by atoms with Crippen LogP contribution >= 0.6 is 11.8 Å². The quantitative estimate of drug-likeness (QED) is 0.486. The lowest BCUT2D eigenvalue weighted by molar-refractivity contribution is -0.144. The Hall–Kier alpha value is -3.33. The molecule has 3 rings (SSSR count). The lowest BCUT2D eigenvalue weighted by atomic mass is 10.1. The molecule has 0 aliphatic rings. The molecule has 1 aromatic heterocycles. The van der Waals surface area contributed by atoms with Crippen molar-refractivity contribution in [3.05, 3.63) is 69.4 Å². The van der Waals surface area contributed by atoms with Crippen molar-refractivity contribution in [1.29, 1.82) is 0 Å². The van der Waals surface area contributed by atoms with Crippen LogP contribution in [-0.4, -0.2) is 33.4 Å². The minimum absolute atomic E-state index is 0.0321. The molecule has 0 bridgehead atoms. The Morgan fingerprint density at radius 2 is 1.72 bits per heavy atom. The van der Waals surface area contributed by atoms with E-state index < -0.39 is 29.7 Å². The summed E-state index contributed by atoms with van der Waals surface area (Å²) < 4.78 is 7.00. The van der Waals surface area contributed by atoms with Crippen LogP contribution in [0.25, 0.3) is 10.8 Å². The van der Waals surface area contributed by atoms with Crippen molar-refractivity contribution in [3.63, 3.8) is 0 Å². The molecule has 0 saturated heterocycles. The number of carbonyl (C=O) groups excluding carboxylic acids is 2. The van der Waals surface area contributed by atoms with Crippen molar-refractivity contribution < 1.29 is 14.3 Å². The number of amides is 1. The molecule has 0 atom stereocenters. The van der Waals surface area contributed by atoms with E-state index in [1.165, 1.54) is 25.9 Å². The summed E-state index contributed by atoms with van der Waals surface area (Å²) in [7, 11) is 2.76. The Morgan fingerprint density at radius 3 is 2.48 bits per heavy atom. The number of aromatic nitrogens is 2. The van der Waals surface area contributed by atoms with E-state index in [1.54, 1.807) is 0 Å². The van der Waals surface area contributed by atoms with Crippen LogP contribution < -0.4 is 16.6 Å². The van der Waals surface area contributed by atoms with Crippen molar-refractivity contribution in [2.75, 3.05) is 17.7 Å². The number of nitrogens with one attached hydrogen (secondary N) is 1. The highest BCUT2D eigenvalue weighted by molar-refractivity contribution is 8.00. The largest absolute Gasteiger partial charge is 0.455 e. The molecule has 9 heteroatoms. The van der Waals surface area contributed by atoms with E-state index in [0.29, 0.717) is 0 Å². The topological polar surface area (TPSA) is 99.4 Å². The fourth-order valence-electron chi connectivity index (χ4n) is 2.62. The molecule has 0 saturated carbocycles. The van der Waals surface area contributed by atoms with Gasteiger partial charge in [0.05, 0.1) is 5.75 Å². The van der Waals surface area contributed by atoms with Crippen LogP contribution in [0.3, 0.4) is 0 Å². The summed E-state index contributed by atoms with van der Waals surface area (Å²) in [5.41, 5.74) is -1.12. The van der Waals surface area contributed by atoms with E-state index in [2.05, 4.69) is 5.32 Å². The Labute approximate surface area is 170 Å². The summed E-state index contributed by atoms with van der Waals surface area (Å²) in [5, 5.41) is 4.58. The molecule has 1 heterocycles. The van der Waals surface area contributed by atoms with Gasteiger partial charge >= 0.3 is 11.7 Å². The van der Waals surface area contributed by atoms with Crippen LogP contribution in [0.5, 0.6) is 0 Å². The van der Waals surface area contributed by atoms with Gasteiger partial charge in [0.15, 0.2) is 6.61 Å². The lowest BCUT2D eigenvalue weighted by Gasteiger charge is -2.11. The fourth-order valence-corrected chi connectivity index (χ4v) is 3.36. The predicted octanol–water partition coefficient (Wildman–Crippen LogP) is 1.51. The second-order valence-electron chi connectivity index (χ2n) is 6.27. The first-order chi connectivity index (χ1) is 13.8. The molecular formula is C20H19N3O5S. The second-order valence-corrected chi connectivity index (χ2v) is 7.32. The molecule has 8 nitrogen and oxygen atoms in total. The van der Waals surface area contributed by atoms with E-state index in [4.69, 9.17) is 4.74 Å². The summed E-state index contributed by atoms with van der Waals surface area (Å²) in [6, 6.07) is 14.9. The lowest BCUT2D eigenvalue weighted by Crippen LogP contribution is -2.38. The molecule has 0 aliphatic carbocycles. The van der Waals surface area contributed by atoms with Gasteiger partial charge in [0.25, 0.3) is 11.5 Å². The van der Waals surface area contributed by atoms with Crippen LogP contribution in [0.2, 0.25) is 0 Å². The number of fused-ring (bicyclic) bond motifs is 1. The van der Waals surface area contributed by atoms with Gasteiger partial charge in [0.2, 0.25) is 0 Å². The Kier molecular flexibility index (Phi) is 6.18. The average molecular weight is 413 g/mol. The van der Waals surface area contributed by atoms with E-state index in [1.807, 2.05) is 42.5 Å². The number of anilines is 1. The first-order valence-electron chi connectivity index (χ1n) is 8.69. The highest BCUT2D eigenvalue weighted by atomic mass is 32.2. The molecule has 29 heavy (non-hydrogen) atoms. The van der Waals surface area contributed by atoms with E-state index in [0.717, 1.165) is 30.9 Å². The Bertz CT molecular complexity index is 1200. The van der Waals surface area contributed by atoms with E-state index in [9.17, 15) is 19.2 Å². The fraction of sp³-hybridized carbons (Fsp3) is 0.200. The molecule has 0 spiro atoms. The van der Waals surface area contributed by atoms with Gasteiger partial charge in [-0.1, -0.05) is 30.3 Å². The van der Waals surface area contributed by atoms with Gasteiger partial charge in [-0.05, 0) is 22.9 Å². The molecule has 0 aliphatic heterocycles. The van der Waals surface area contributed by atoms with Crippen LogP contribution in [-0.2, 0) is 28.4 Å². The van der Waals surface area contributed by atoms with Crippen molar-refractivity contribution in [3.8, 4) is 0 Å². The number of benzene rings is 2. The van der Waals surface area contributed by atoms with Crippen LogP contribution in [0, 0.1) is 0 Å². The third kappa shape index (κ3) is 4.94. The number of thioether (sulfide) groups is 1. The van der Waals surface area contributed by atoms with Gasteiger partial charge in [-0.15, -0.1) is 11.8 Å². The summed E-state index contributed by atoms with van der Waals surface area (Å²) in [4.78, 5) is 48.3. The number of ether oxygens (including phenoxy) is 1. The van der Waals surface area contributed by atoms with Gasteiger partial charge in [-0.2, -0.15) is 0 Å². The highest BCUT2D eigenvalue weighted by Gasteiger charge is 2.12. The maximum Gasteiger partial charge on any atom is 0.332 e. The first kappa shape index (κ1) is 20.4. The zero-order valence-electron chi connectivity index (χ0n) is 15.9. The average Bonchev–Trinajstić information content (AvgIpc) is 2.72. The molecule has 1 amide bonds. The van der Waals surface area contributed by atoms with Crippen LogP contribution in [0.4, 0.5) is 5.82 Å². The molecule has 0 fully saturated rings. The van der Waals surface area contributed by atoms with E-state index >= 15 is 0 Å². The molecule has 0 unspecified atom stereocenters. The van der Waals surface area contributed by atoms with Gasteiger partial charge in [-0.3, -0.25) is 23.5 Å². The molecule has 0 radical (unpaired) electrons. The molecule has 3 aromatic rings. The maximum atomic E-state index is 12.0. The van der Waals surface area contributed by atoms with Crippen molar-refractivity contribution >= 4 is 40.2 Å². The number of hydrogen-bond donors (Lipinski definition) is 1.